The smallest absolute Gasteiger partial charge is 0.244 e. The number of carbonyl (C=O) groups excluding carboxylic acids is 1. The van der Waals surface area contributed by atoms with Crippen LogP contribution >= 0.6 is 15.9 Å². The van der Waals surface area contributed by atoms with E-state index in [-0.39, 0.29) is 11.9 Å². The number of benzene rings is 2. The summed E-state index contributed by atoms with van der Waals surface area (Å²) in [5.41, 5.74) is 8.22. The second-order valence-electron chi connectivity index (χ2n) is 5.82. The van der Waals surface area contributed by atoms with Crippen LogP contribution in [-0.4, -0.2) is 5.91 Å². The molecule has 0 bridgehead atoms. The first-order valence-electron chi connectivity index (χ1n) is 7.23. The largest absolute Gasteiger partial charge is 0.348 e. The fourth-order valence-corrected chi connectivity index (χ4v) is 2.48. The normalized spacial score (nSPS) is 15.0. The summed E-state index contributed by atoms with van der Waals surface area (Å²) in [6, 6.07) is 15.5. The van der Waals surface area contributed by atoms with Crippen molar-refractivity contribution in [3.05, 3.63) is 69.7 Å². The van der Waals surface area contributed by atoms with Gasteiger partial charge in [0.1, 0.15) is 5.54 Å². The van der Waals surface area contributed by atoms with Crippen LogP contribution in [0.15, 0.2) is 53.0 Å². The summed E-state index contributed by atoms with van der Waals surface area (Å²) in [6.45, 7) is 5.73. The fraction of sp³-hybridized carbons (Fsp3) is 0.278. The first-order chi connectivity index (χ1) is 10.3. The Morgan fingerprint density at radius 1 is 1.14 bits per heavy atom. The van der Waals surface area contributed by atoms with Gasteiger partial charge in [0, 0.05) is 4.47 Å². The van der Waals surface area contributed by atoms with Crippen molar-refractivity contribution in [1.29, 1.82) is 0 Å². The Morgan fingerprint density at radius 3 is 2.23 bits per heavy atom. The van der Waals surface area contributed by atoms with Crippen molar-refractivity contribution >= 4 is 21.8 Å². The Morgan fingerprint density at radius 2 is 1.68 bits per heavy atom. The van der Waals surface area contributed by atoms with E-state index in [0.29, 0.717) is 0 Å². The third-order valence-corrected chi connectivity index (χ3v) is 4.37. The molecule has 2 unspecified atom stereocenters. The van der Waals surface area contributed by atoms with Gasteiger partial charge in [-0.1, -0.05) is 57.9 Å². The molecule has 0 aromatic heterocycles. The minimum absolute atomic E-state index is 0.0913. The molecule has 3 nitrogen and oxygen atoms in total. The number of halogens is 1. The molecule has 2 aromatic carbocycles. The predicted octanol–water partition coefficient (Wildman–Crippen LogP) is 3.81. The summed E-state index contributed by atoms with van der Waals surface area (Å²) in [6.07, 6.45) is 0. The number of carbonyl (C=O) groups is 1. The van der Waals surface area contributed by atoms with Crippen LogP contribution in [0.3, 0.4) is 0 Å². The van der Waals surface area contributed by atoms with Gasteiger partial charge in [-0.2, -0.15) is 0 Å². The van der Waals surface area contributed by atoms with E-state index >= 15 is 0 Å². The fourth-order valence-electron chi connectivity index (χ4n) is 2.21. The molecule has 0 heterocycles. The van der Waals surface area contributed by atoms with E-state index in [1.165, 1.54) is 5.56 Å². The van der Waals surface area contributed by atoms with Crippen molar-refractivity contribution in [2.75, 3.05) is 0 Å². The predicted molar refractivity (Wildman–Crippen MR) is 93.4 cm³/mol. The standard InChI is InChI=1S/C18H21BrN2O/c1-12-4-6-14(7-5-12)13(2)21-17(22)18(3,20)15-8-10-16(19)11-9-15/h4-11,13H,20H2,1-3H3,(H,21,22). The lowest BCUT2D eigenvalue weighted by molar-refractivity contribution is -0.126. The molecule has 22 heavy (non-hydrogen) atoms. The average molecular weight is 361 g/mol. The highest BCUT2D eigenvalue weighted by Crippen LogP contribution is 2.22. The zero-order chi connectivity index (χ0) is 16.3. The molecule has 0 aliphatic rings. The summed E-state index contributed by atoms with van der Waals surface area (Å²) in [5.74, 6) is -0.192. The number of aryl methyl sites for hydroxylation is 1. The van der Waals surface area contributed by atoms with Crippen molar-refractivity contribution in [3.8, 4) is 0 Å². The molecule has 0 aliphatic carbocycles. The van der Waals surface area contributed by atoms with Gasteiger partial charge in [0.15, 0.2) is 0 Å². The van der Waals surface area contributed by atoms with Gasteiger partial charge < -0.3 is 11.1 Å². The quantitative estimate of drug-likeness (QED) is 0.870. The van der Waals surface area contributed by atoms with E-state index in [1.807, 2.05) is 62.4 Å². The maximum atomic E-state index is 12.6. The molecule has 0 aliphatic heterocycles. The molecule has 0 fully saturated rings. The van der Waals surface area contributed by atoms with Crippen molar-refractivity contribution in [2.24, 2.45) is 5.73 Å². The Kier molecular flexibility index (Phi) is 5.04. The third-order valence-electron chi connectivity index (χ3n) is 3.84. The Labute approximate surface area is 140 Å². The molecule has 116 valence electrons. The summed E-state index contributed by atoms with van der Waals surface area (Å²) in [4.78, 5) is 12.6. The van der Waals surface area contributed by atoms with Crippen LogP contribution in [0.25, 0.3) is 0 Å². The Hall–Kier alpha value is -1.65. The van der Waals surface area contributed by atoms with Crippen LogP contribution < -0.4 is 11.1 Å². The molecule has 2 rings (SSSR count). The zero-order valence-corrected chi connectivity index (χ0v) is 14.6. The van der Waals surface area contributed by atoms with Gasteiger partial charge in [0.05, 0.1) is 6.04 Å². The van der Waals surface area contributed by atoms with E-state index in [2.05, 4.69) is 21.2 Å². The van der Waals surface area contributed by atoms with Crippen LogP contribution in [0, 0.1) is 6.92 Å². The van der Waals surface area contributed by atoms with Gasteiger partial charge >= 0.3 is 0 Å². The molecule has 2 aromatic rings. The van der Waals surface area contributed by atoms with E-state index in [4.69, 9.17) is 5.73 Å². The number of hydrogen-bond acceptors (Lipinski definition) is 2. The lowest BCUT2D eigenvalue weighted by Gasteiger charge is -2.26. The second kappa shape index (κ2) is 6.63. The van der Waals surface area contributed by atoms with Gasteiger partial charge in [-0.3, -0.25) is 4.79 Å². The topological polar surface area (TPSA) is 55.1 Å². The Bertz CT molecular complexity index is 648. The van der Waals surface area contributed by atoms with E-state index < -0.39 is 5.54 Å². The second-order valence-corrected chi connectivity index (χ2v) is 6.73. The molecule has 0 saturated carbocycles. The SMILES string of the molecule is Cc1ccc(C(C)NC(=O)C(C)(N)c2ccc(Br)cc2)cc1. The van der Waals surface area contributed by atoms with Gasteiger partial charge in [-0.15, -0.1) is 0 Å². The van der Waals surface area contributed by atoms with Gasteiger partial charge in [0.25, 0.3) is 0 Å². The van der Waals surface area contributed by atoms with E-state index in [9.17, 15) is 4.79 Å². The van der Waals surface area contributed by atoms with Crippen LogP contribution in [0.2, 0.25) is 0 Å². The van der Waals surface area contributed by atoms with Crippen molar-refractivity contribution in [2.45, 2.75) is 32.4 Å². The van der Waals surface area contributed by atoms with Crippen molar-refractivity contribution in [1.82, 2.24) is 5.32 Å². The molecule has 0 spiro atoms. The monoisotopic (exact) mass is 360 g/mol. The molecular formula is C18H21BrN2O. The minimum atomic E-state index is -1.07. The summed E-state index contributed by atoms with van der Waals surface area (Å²) in [5, 5.41) is 2.99. The average Bonchev–Trinajstić information content (AvgIpc) is 2.48. The van der Waals surface area contributed by atoms with Crippen molar-refractivity contribution in [3.63, 3.8) is 0 Å². The van der Waals surface area contributed by atoms with Crippen LogP contribution in [-0.2, 0) is 10.3 Å². The first-order valence-corrected chi connectivity index (χ1v) is 8.02. The maximum absolute atomic E-state index is 12.6. The Balaban J connectivity index is 2.13. The highest BCUT2D eigenvalue weighted by Gasteiger charge is 2.31. The van der Waals surface area contributed by atoms with Gasteiger partial charge in [-0.05, 0) is 44.0 Å². The number of rotatable bonds is 4. The maximum Gasteiger partial charge on any atom is 0.244 e. The number of amides is 1. The van der Waals surface area contributed by atoms with Gasteiger partial charge in [-0.25, -0.2) is 0 Å². The molecule has 3 N–H and O–H groups in total. The first kappa shape index (κ1) is 16.7. The summed E-state index contributed by atoms with van der Waals surface area (Å²) < 4.78 is 0.959. The summed E-state index contributed by atoms with van der Waals surface area (Å²) >= 11 is 3.38. The lowest BCUT2D eigenvalue weighted by Crippen LogP contribution is -2.49. The van der Waals surface area contributed by atoms with E-state index in [0.717, 1.165) is 15.6 Å². The van der Waals surface area contributed by atoms with Crippen LogP contribution in [0.4, 0.5) is 0 Å². The summed E-state index contributed by atoms with van der Waals surface area (Å²) in [7, 11) is 0. The third kappa shape index (κ3) is 3.76. The minimum Gasteiger partial charge on any atom is -0.348 e. The lowest BCUT2D eigenvalue weighted by atomic mass is 9.91. The molecule has 4 heteroatoms. The molecule has 0 radical (unpaired) electrons. The number of nitrogens with two attached hydrogens (primary N) is 1. The molecule has 2 atom stereocenters. The highest BCUT2D eigenvalue weighted by atomic mass is 79.9. The van der Waals surface area contributed by atoms with Gasteiger partial charge in [0.2, 0.25) is 5.91 Å². The number of nitrogens with one attached hydrogen (secondary N) is 1. The molecular weight excluding hydrogens is 340 g/mol. The van der Waals surface area contributed by atoms with Crippen LogP contribution in [0.5, 0.6) is 0 Å². The molecule has 0 saturated heterocycles. The number of hydrogen-bond donors (Lipinski definition) is 2. The van der Waals surface area contributed by atoms with Crippen molar-refractivity contribution < 1.29 is 4.79 Å². The molecule has 1 amide bonds. The van der Waals surface area contributed by atoms with Crippen LogP contribution in [0.1, 0.15) is 36.6 Å². The highest BCUT2D eigenvalue weighted by molar-refractivity contribution is 9.10. The van der Waals surface area contributed by atoms with E-state index in [1.54, 1.807) is 6.92 Å². The zero-order valence-electron chi connectivity index (χ0n) is 13.1.